The van der Waals surface area contributed by atoms with Crippen LogP contribution in [-0.2, 0) is 11.3 Å². The highest BCUT2D eigenvalue weighted by atomic mass is 16.3. The number of carbonyl (C=O) groups excluding carboxylic acids is 1. The van der Waals surface area contributed by atoms with Gasteiger partial charge in [0.2, 0.25) is 5.91 Å². The molecule has 0 aliphatic carbocycles. The third-order valence-corrected chi connectivity index (χ3v) is 3.93. The zero-order valence-corrected chi connectivity index (χ0v) is 12.3. The first-order valence-electron chi connectivity index (χ1n) is 7.27. The number of nitrogens with zero attached hydrogens (tertiary/aromatic N) is 1. The molecule has 2 atom stereocenters. The van der Waals surface area contributed by atoms with E-state index in [0.717, 1.165) is 25.1 Å². The summed E-state index contributed by atoms with van der Waals surface area (Å²) in [6.07, 6.45) is 0.693. The maximum absolute atomic E-state index is 11.9. The predicted molar refractivity (Wildman–Crippen MR) is 79.3 cm³/mol. The molecule has 1 fully saturated rings. The molecule has 1 aliphatic heterocycles. The Balaban J connectivity index is 1.73. The van der Waals surface area contributed by atoms with E-state index in [1.807, 2.05) is 32.0 Å². The third-order valence-electron chi connectivity index (χ3n) is 3.93. The van der Waals surface area contributed by atoms with Crippen LogP contribution in [0.1, 0.15) is 24.5 Å². The molecule has 2 unspecified atom stereocenters. The van der Waals surface area contributed by atoms with Gasteiger partial charge < -0.3 is 10.4 Å². The van der Waals surface area contributed by atoms with Gasteiger partial charge in [-0.1, -0.05) is 29.8 Å². The summed E-state index contributed by atoms with van der Waals surface area (Å²) < 4.78 is 0. The second-order valence-electron chi connectivity index (χ2n) is 5.79. The quantitative estimate of drug-likeness (QED) is 0.852. The first kappa shape index (κ1) is 15.0. The second kappa shape index (κ2) is 6.86. The molecule has 1 aromatic rings. The molecule has 1 aromatic carbocycles. The minimum absolute atomic E-state index is 0.0535. The number of benzene rings is 1. The van der Waals surface area contributed by atoms with Gasteiger partial charge in [0.05, 0.1) is 12.6 Å². The van der Waals surface area contributed by atoms with Crippen molar-refractivity contribution in [3.63, 3.8) is 0 Å². The van der Waals surface area contributed by atoms with Crippen LogP contribution < -0.4 is 5.32 Å². The maximum Gasteiger partial charge on any atom is 0.234 e. The molecule has 0 saturated carbocycles. The number of aliphatic hydroxyl groups is 1. The summed E-state index contributed by atoms with van der Waals surface area (Å²) in [5.41, 5.74) is 2.33. The average molecular weight is 276 g/mol. The van der Waals surface area contributed by atoms with E-state index < -0.39 is 0 Å². The van der Waals surface area contributed by atoms with Crippen molar-refractivity contribution >= 4 is 5.91 Å². The number of nitrogens with one attached hydrogen (secondary N) is 1. The van der Waals surface area contributed by atoms with Crippen LogP contribution in [0.3, 0.4) is 0 Å². The number of hydrogen-bond acceptors (Lipinski definition) is 3. The van der Waals surface area contributed by atoms with Crippen molar-refractivity contribution in [2.45, 2.75) is 32.9 Å². The highest BCUT2D eigenvalue weighted by molar-refractivity contribution is 5.78. The molecule has 0 aromatic heterocycles. The molecule has 1 saturated heterocycles. The monoisotopic (exact) mass is 276 g/mol. The van der Waals surface area contributed by atoms with Crippen LogP contribution in [0.15, 0.2) is 24.3 Å². The van der Waals surface area contributed by atoms with Crippen molar-refractivity contribution in [2.24, 2.45) is 5.92 Å². The van der Waals surface area contributed by atoms with Crippen LogP contribution in [0.2, 0.25) is 0 Å². The zero-order chi connectivity index (χ0) is 14.5. The standard InChI is InChI=1S/C16H24N2O2/c1-12-4-3-5-14(8-12)9-17-16(20)11-18-7-6-15(10-18)13(2)19/h3-5,8,13,15,19H,6-7,9-11H2,1-2H3,(H,17,20). The largest absolute Gasteiger partial charge is 0.393 e. The van der Waals surface area contributed by atoms with Crippen LogP contribution >= 0.6 is 0 Å². The number of likely N-dealkylation sites (tertiary alicyclic amines) is 1. The molecule has 0 bridgehead atoms. The number of rotatable bonds is 5. The normalized spacial score (nSPS) is 20.9. The fraction of sp³-hybridized carbons (Fsp3) is 0.562. The number of aliphatic hydroxyl groups excluding tert-OH is 1. The van der Waals surface area contributed by atoms with E-state index >= 15 is 0 Å². The van der Waals surface area contributed by atoms with E-state index in [2.05, 4.69) is 16.3 Å². The summed E-state index contributed by atoms with van der Waals surface area (Å²) in [5.74, 6) is 0.359. The van der Waals surface area contributed by atoms with Crippen molar-refractivity contribution in [3.05, 3.63) is 35.4 Å². The molecule has 4 nitrogen and oxygen atoms in total. The number of amides is 1. The lowest BCUT2D eigenvalue weighted by atomic mass is 10.0. The Morgan fingerprint density at radius 2 is 2.35 bits per heavy atom. The molecular formula is C16H24N2O2. The third kappa shape index (κ3) is 4.32. The van der Waals surface area contributed by atoms with Crippen LogP contribution in [-0.4, -0.2) is 41.7 Å². The Labute approximate surface area is 120 Å². The molecular weight excluding hydrogens is 252 g/mol. The highest BCUT2D eigenvalue weighted by Gasteiger charge is 2.26. The smallest absolute Gasteiger partial charge is 0.234 e. The van der Waals surface area contributed by atoms with Crippen molar-refractivity contribution < 1.29 is 9.90 Å². The first-order chi connectivity index (χ1) is 9.54. The lowest BCUT2D eigenvalue weighted by Crippen LogP contribution is -2.36. The van der Waals surface area contributed by atoms with Gasteiger partial charge in [0.1, 0.15) is 0 Å². The van der Waals surface area contributed by atoms with E-state index in [-0.39, 0.29) is 12.0 Å². The van der Waals surface area contributed by atoms with Gasteiger partial charge in [0.15, 0.2) is 0 Å². The van der Waals surface area contributed by atoms with Gasteiger partial charge in [-0.15, -0.1) is 0 Å². The predicted octanol–water partition coefficient (Wildman–Crippen LogP) is 1.31. The minimum atomic E-state index is -0.282. The SMILES string of the molecule is Cc1cccc(CNC(=O)CN2CCC(C(C)O)C2)c1. The van der Waals surface area contributed by atoms with Gasteiger partial charge in [-0.3, -0.25) is 9.69 Å². The molecule has 1 aliphatic rings. The Hall–Kier alpha value is -1.39. The Kier molecular flexibility index (Phi) is 5.15. The summed E-state index contributed by atoms with van der Waals surface area (Å²) in [6.45, 7) is 6.59. The molecule has 2 rings (SSSR count). The van der Waals surface area contributed by atoms with E-state index in [1.165, 1.54) is 5.56 Å². The summed E-state index contributed by atoms with van der Waals surface area (Å²) >= 11 is 0. The van der Waals surface area contributed by atoms with Gasteiger partial charge >= 0.3 is 0 Å². The molecule has 0 radical (unpaired) electrons. The summed E-state index contributed by atoms with van der Waals surface area (Å²) in [5, 5.41) is 12.5. The van der Waals surface area contributed by atoms with E-state index in [4.69, 9.17) is 0 Å². The first-order valence-corrected chi connectivity index (χ1v) is 7.27. The van der Waals surface area contributed by atoms with Crippen molar-refractivity contribution in [2.75, 3.05) is 19.6 Å². The maximum atomic E-state index is 11.9. The fourth-order valence-corrected chi connectivity index (χ4v) is 2.68. The topological polar surface area (TPSA) is 52.6 Å². The van der Waals surface area contributed by atoms with Crippen molar-refractivity contribution in [1.29, 1.82) is 0 Å². The Bertz CT molecular complexity index is 460. The highest BCUT2D eigenvalue weighted by Crippen LogP contribution is 2.18. The summed E-state index contributed by atoms with van der Waals surface area (Å²) in [6, 6.07) is 8.16. The molecule has 2 N–H and O–H groups in total. The molecule has 0 spiro atoms. The van der Waals surface area contributed by atoms with Crippen LogP contribution in [0.25, 0.3) is 0 Å². The summed E-state index contributed by atoms with van der Waals surface area (Å²) in [4.78, 5) is 14.0. The van der Waals surface area contributed by atoms with Crippen molar-refractivity contribution in [1.82, 2.24) is 10.2 Å². The van der Waals surface area contributed by atoms with E-state index in [0.29, 0.717) is 19.0 Å². The average Bonchev–Trinajstić information content (AvgIpc) is 2.85. The molecule has 1 heterocycles. The minimum Gasteiger partial charge on any atom is -0.393 e. The summed E-state index contributed by atoms with van der Waals surface area (Å²) in [7, 11) is 0. The molecule has 4 heteroatoms. The lowest BCUT2D eigenvalue weighted by molar-refractivity contribution is -0.122. The van der Waals surface area contributed by atoms with E-state index in [9.17, 15) is 9.90 Å². The zero-order valence-electron chi connectivity index (χ0n) is 12.3. The Morgan fingerprint density at radius 3 is 3.00 bits per heavy atom. The van der Waals surface area contributed by atoms with E-state index in [1.54, 1.807) is 0 Å². The van der Waals surface area contributed by atoms with Crippen LogP contribution in [0.5, 0.6) is 0 Å². The van der Waals surface area contributed by atoms with Crippen LogP contribution in [0, 0.1) is 12.8 Å². The number of hydrogen-bond donors (Lipinski definition) is 2. The van der Waals surface area contributed by atoms with Gasteiger partial charge in [-0.25, -0.2) is 0 Å². The fourth-order valence-electron chi connectivity index (χ4n) is 2.68. The number of aryl methyl sites for hydroxylation is 1. The molecule has 110 valence electrons. The van der Waals surface area contributed by atoms with Gasteiger partial charge in [0.25, 0.3) is 0 Å². The Morgan fingerprint density at radius 1 is 1.55 bits per heavy atom. The van der Waals surface area contributed by atoms with Crippen LogP contribution in [0.4, 0.5) is 0 Å². The van der Waals surface area contributed by atoms with Gasteiger partial charge in [-0.2, -0.15) is 0 Å². The molecule has 1 amide bonds. The van der Waals surface area contributed by atoms with Gasteiger partial charge in [0, 0.05) is 13.1 Å². The second-order valence-corrected chi connectivity index (χ2v) is 5.79. The number of carbonyl (C=O) groups is 1. The lowest BCUT2D eigenvalue weighted by Gasteiger charge is -2.17. The van der Waals surface area contributed by atoms with Crippen molar-refractivity contribution in [3.8, 4) is 0 Å². The van der Waals surface area contributed by atoms with Gasteiger partial charge in [-0.05, 0) is 38.3 Å². The molecule has 20 heavy (non-hydrogen) atoms.